The number of rotatable bonds is 5. The third-order valence-corrected chi connectivity index (χ3v) is 2.72. The summed E-state index contributed by atoms with van der Waals surface area (Å²) in [6, 6.07) is 10.2. The molecule has 112 valence electrons. The van der Waals surface area contributed by atoms with Gasteiger partial charge in [0.2, 0.25) is 0 Å². The van der Waals surface area contributed by atoms with E-state index in [2.05, 4.69) is 10.3 Å². The molecule has 22 heavy (non-hydrogen) atoms. The molecule has 0 spiro atoms. The van der Waals surface area contributed by atoms with Gasteiger partial charge < -0.3 is 9.84 Å². The molecule has 0 bridgehead atoms. The number of carbonyl (C=O) groups excluding carboxylic acids is 2. The number of hydrogen-bond donors (Lipinski definition) is 2. The molecule has 0 atom stereocenters. The highest BCUT2D eigenvalue weighted by Gasteiger charge is 2.12. The Morgan fingerprint density at radius 3 is 2.64 bits per heavy atom. The van der Waals surface area contributed by atoms with Crippen molar-refractivity contribution in [2.45, 2.75) is 6.61 Å². The zero-order chi connectivity index (χ0) is 15.9. The Balaban J connectivity index is 2.02. The molecule has 0 aliphatic carbocycles. The molecular weight excluding hydrogens is 288 g/mol. The van der Waals surface area contributed by atoms with Crippen LogP contribution in [-0.4, -0.2) is 28.4 Å². The number of carboxylic acids is 1. The molecule has 1 aromatic carbocycles. The summed E-state index contributed by atoms with van der Waals surface area (Å²) in [5, 5.41) is 11.1. The number of nitrogens with one attached hydrogen (secondary N) is 1. The van der Waals surface area contributed by atoms with Gasteiger partial charge >= 0.3 is 12.1 Å². The predicted octanol–water partition coefficient (Wildman–Crippen LogP) is 2.34. The van der Waals surface area contributed by atoms with Crippen LogP contribution < -0.4 is 5.32 Å². The van der Waals surface area contributed by atoms with Crippen LogP contribution in [0.15, 0.2) is 42.6 Å². The van der Waals surface area contributed by atoms with Crippen LogP contribution in [0, 0.1) is 0 Å². The van der Waals surface area contributed by atoms with Gasteiger partial charge in [-0.3, -0.25) is 10.1 Å². The van der Waals surface area contributed by atoms with E-state index in [1.807, 2.05) is 18.2 Å². The van der Waals surface area contributed by atoms with E-state index >= 15 is 0 Å². The van der Waals surface area contributed by atoms with Gasteiger partial charge in [-0.25, -0.2) is 14.6 Å². The van der Waals surface area contributed by atoms with Crippen LogP contribution in [0.25, 0.3) is 0 Å². The van der Waals surface area contributed by atoms with Crippen LogP contribution >= 0.6 is 0 Å². The molecule has 0 aliphatic heterocycles. The third kappa shape index (κ3) is 3.89. The fraction of sp³-hybridized carbons (Fsp3) is 0.0667. The average molecular weight is 300 g/mol. The van der Waals surface area contributed by atoms with E-state index in [4.69, 9.17) is 9.84 Å². The molecule has 0 fully saturated rings. The summed E-state index contributed by atoms with van der Waals surface area (Å²) in [6.07, 6.45) is 0.663. The van der Waals surface area contributed by atoms with E-state index < -0.39 is 12.1 Å². The molecule has 2 rings (SSSR count). The zero-order valence-electron chi connectivity index (χ0n) is 11.4. The van der Waals surface area contributed by atoms with E-state index in [-0.39, 0.29) is 23.6 Å². The number of nitrogens with zero attached hydrogens (tertiary/aromatic N) is 1. The molecule has 7 heteroatoms. The summed E-state index contributed by atoms with van der Waals surface area (Å²) >= 11 is 0. The van der Waals surface area contributed by atoms with Crippen LogP contribution in [0.5, 0.6) is 0 Å². The maximum absolute atomic E-state index is 11.7. The van der Waals surface area contributed by atoms with Gasteiger partial charge in [-0.15, -0.1) is 0 Å². The summed E-state index contributed by atoms with van der Waals surface area (Å²) in [5.41, 5.74) is 0.615. The number of hydrogen-bond acceptors (Lipinski definition) is 5. The Bertz CT molecular complexity index is 700. The molecule has 2 N–H and O–H groups in total. The second-order valence-corrected chi connectivity index (χ2v) is 4.27. The number of aromatic carboxylic acids is 1. The largest absolute Gasteiger partial charge is 0.478 e. The van der Waals surface area contributed by atoms with Crippen molar-refractivity contribution in [3.8, 4) is 0 Å². The van der Waals surface area contributed by atoms with Gasteiger partial charge in [0, 0.05) is 6.20 Å². The number of anilines is 1. The fourth-order valence-corrected chi connectivity index (χ4v) is 1.65. The van der Waals surface area contributed by atoms with E-state index in [0.29, 0.717) is 6.29 Å². The Hall–Kier alpha value is -3.22. The number of carboxylic acid groups (broad SMARTS) is 1. The molecule has 1 heterocycles. The maximum atomic E-state index is 11.7. The fourth-order valence-electron chi connectivity index (χ4n) is 1.65. The van der Waals surface area contributed by atoms with Crippen LogP contribution in [-0.2, 0) is 11.3 Å². The highest BCUT2D eigenvalue weighted by molar-refractivity contribution is 5.95. The topological polar surface area (TPSA) is 106 Å². The van der Waals surface area contributed by atoms with Crippen molar-refractivity contribution >= 4 is 24.2 Å². The first kappa shape index (κ1) is 15.2. The lowest BCUT2D eigenvalue weighted by atomic mass is 10.2. The molecule has 0 aliphatic rings. The lowest BCUT2D eigenvalue weighted by Crippen LogP contribution is -2.16. The van der Waals surface area contributed by atoms with Crippen LogP contribution in [0.3, 0.4) is 0 Å². The third-order valence-electron chi connectivity index (χ3n) is 2.72. The number of aldehydes is 1. The van der Waals surface area contributed by atoms with Gasteiger partial charge in [0.15, 0.2) is 6.29 Å². The number of aromatic nitrogens is 1. The number of carbonyl (C=O) groups is 3. The van der Waals surface area contributed by atoms with Crippen molar-refractivity contribution in [2.75, 3.05) is 5.32 Å². The minimum atomic E-state index is -1.21. The summed E-state index contributed by atoms with van der Waals surface area (Å²) in [4.78, 5) is 37.1. The first-order valence-electron chi connectivity index (χ1n) is 6.26. The Labute approximate surface area is 125 Å². The van der Waals surface area contributed by atoms with Crippen molar-refractivity contribution in [3.05, 3.63) is 59.3 Å². The molecule has 0 saturated heterocycles. The van der Waals surface area contributed by atoms with Crippen LogP contribution in [0.1, 0.15) is 26.3 Å². The first-order chi connectivity index (χ1) is 10.6. The van der Waals surface area contributed by atoms with Gasteiger partial charge in [-0.1, -0.05) is 30.3 Å². The minimum Gasteiger partial charge on any atom is -0.478 e. The summed E-state index contributed by atoms with van der Waals surface area (Å²) in [5.74, 6) is -1.27. The lowest BCUT2D eigenvalue weighted by molar-refractivity contribution is 0.0696. The highest BCUT2D eigenvalue weighted by Crippen LogP contribution is 2.13. The molecule has 7 nitrogen and oxygen atoms in total. The summed E-state index contributed by atoms with van der Waals surface area (Å²) in [7, 11) is 0. The predicted molar refractivity (Wildman–Crippen MR) is 76.8 cm³/mol. The highest BCUT2D eigenvalue weighted by atomic mass is 16.5. The molecule has 1 aromatic heterocycles. The van der Waals surface area contributed by atoms with Crippen LogP contribution in [0.4, 0.5) is 10.6 Å². The monoisotopic (exact) mass is 300 g/mol. The SMILES string of the molecule is O=Cc1cc(C(=O)O)cnc1NC(=O)OCc1ccccc1. The van der Waals surface area contributed by atoms with E-state index in [0.717, 1.165) is 17.8 Å². The second kappa shape index (κ2) is 6.98. The first-order valence-corrected chi connectivity index (χ1v) is 6.26. The van der Waals surface area contributed by atoms with E-state index in [1.165, 1.54) is 0 Å². The Morgan fingerprint density at radius 1 is 1.27 bits per heavy atom. The minimum absolute atomic E-state index is 0.0449. The summed E-state index contributed by atoms with van der Waals surface area (Å²) < 4.78 is 4.99. The van der Waals surface area contributed by atoms with Crippen molar-refractivity contribution in [2.24, 2.45) is 0 Å². The van der Waals surface area contributed by atoms with Crippen LogP contribution in [0.2, 0.25) is 0 Å². The van der Waals surface area contributed by atoms with Gasteiger partial charge in [0.25, 0.3) is 0 Å². The van der Waals surface area contributed by atoms with Gasteiger partial charge in [-0.05, 0) is 11.6 Å². The molecule has 0 saturated carbocycles. The number of pyridine rings is 1. The molecule has 0 radical (unpaired) electrons. The lowest BCUT2D eigenvalue weighted by Gasteiger charge is -2.08. The van der Waals surface area contributed by atoms with Gasteiger partial charge in [-0.2, -0.15) is 0 Å². The van der Waals surface area contributed by atoms with E-state index in [1.54, 1.807) is 12.1 Å². The molecular formula is C15H12N2O5. The zero-order valence-corrected chi connectivity index (χ0v) is 11.4. The molecule has 1 amide bonds. The second-order valence-electron chi connectivity index (χ2n) is 4.27. The number of benzene rings is 1. The average Bonchev–Trinajstić information content (AvgIpc) is 2.54. The van der Waals surface area contributed by atoms with Crippen molar-refractivity contribution in [3.63, 3.8) is 0 Å². The van der Waals surface area contributed by atoms with Gasteiger partial charge in [0.1, 0.15) is 12.4 Å². The standard InChI is InChI=1S/C15H12N2O5/c18-8-12-6-11(14(19)20)7-16-13(12)17-15(21)22-9-10-4-2-1-3-5-10/h1-8H,9H2,(H,19,20)(H,16,17,21). The van der Waals surface area contributed by atoms with Crippen molar-refractivity contribution < 1.29 is 24.2 Å². The smallest absolute Gasteiger partial charge is 0.413 e. The normalized spacial score (nSPS) is 9.82. The van der Waals surface area contributed by atoms with E-state index in [9.17, 15) is 14.4 Å². The van der Waals surface area contributed by atoms with Crippen molar-refractivity contribution in [1.29, 1.82) is 0 Å². The Kier molecular flexibility index (Phi) is 4.81. The molecule has 2 aromatic rings. The number of ether oxygens (including phenoxy) is 1. The maximum Gasteiger partial charge on any atom is 0.413 e. The Morgan fingerprint density at radius 2 is 2.00 bits per heavy atom. The molecule has 0 unspecified atom stereocenters. The quantitative estimate of drug-likeness (QED) is 0.821. The van der Waals surface area contributed by atoms with Crippen molar-refractivity contribution in [1.82, 2.24) is 4.98 Å². The summed E-state index contributed by atoms with van der Waals surface area (Å²) in [6.45, 7) is 0.0658. The van der Waals surface area contributed by atoms with Gasteiger partial charge in [0.05, 0.1) is 11.1 Å². The number of amides is 1.